The van der Waals surface area contributed by atoms with E-state index < -0.39 is 0 Å². The highest BCUT2D eigenvalue weighted by Gasteiger charge is 2.15. The number of nitrogens with one attached hydrogen (secondary N) is 1. The van der Waals surface area contributed by atoms with Crippen molar-refractivity contribution < 1.29 is 0 Å². The van der Waals surface area contributed by atoms with Crippen molar-refractivity contribution in [1.82, 2.24) is 19.6 Å². The Balaban J connectivity index is 1.61. The molecule has 3 aromatic heterocycles. The molecule has 0 fully saturated rings. The van der Waals surface area contributed by atoms with Crippen LogP contribution < -0.4 is 16.0 Å². The lowest BCUT2D eigenvalue weighted by molar-refractivity contribution is 0.909. The summed E-state index contributed by atoms with van der Waals surface area (Å²) in [7, 11) is 3.93. The molecular weight excluding hydrogens is 382 g/mol. The Morgan fingerprint density at radius 2 is 1.93 bits per heavy atom. The maximum Gasteiger partial charge on any atom is 0.231 e. The van der Waals surface area contributed by atoms with E-state index in [0.29, 0.717) is 11.6 Å². The number of hydrogen-bond acceptors (Lipinski definition) is 7. The Morgan fingerprint density at radius 3 is 2.76 bits per heavy atom. The van der Waals surface area contributed by atoms with Crippen LogP contribution in [-0.4, -0.2) is 33.7 Å². The van der Waals surface area contributed by atoms with E-state index in [0.717, 1.165) is 33.8 Å². The van der Waals surface area contributed by atoms with E-state index in [1.165, 1.54) is 4.70 Å². The predicted molar refractivity (Wildman–Crippen MR) is 120 cm³/mol. The zero-order chi connectivity index (χ0) is 20.0. The molecule has 0 aliphatic carbocycles. The molecule has 0 bridgehead atoms. The van der Waals surface area contributed by atoms with Gasteiger partial charge in [-0.3, -0.25) is 0 Å². The van der Waals surface area contributed by atoms with Gasteiger partial charge in [-0.1, -0.05) is 18.2 Å². The zero-order valence-electron chi connectivity index (χ0n) is 16.0. The molecule has 5 rings (SSSR count). The summed E-state index contributed by atoms with van der Waals surface area (Å²) < 4.78 is 2.98. The van der Waals surface area contributed by atoms with Gasteiger partial charge in [0.15, 0.2) is 11.5 Å². The number of aromatic nitrogens is 4. The Hall–Kier alpha value is -3.65. The molecule has 5 aromatic rings. The van der Waals surface area contributed by atoms with Gasteiger partial charge >= 0.3 is 0 Å². The molecule has 0 aliphatic heterocycles. The standard InChI is InChI=1S/C21H19N7S/c1-27(2)17-8-7-13(11-16(17)22)24-21-25-19-9-10-23-28(19)20(26-21)15-12-29-18-6-4-3-5-14(15)18/h3-12H,22H2,1-2H3,(H,24,25). The molecule has 2 aromatic carbocycles. The third kappa shape index (κ3) is 3.03. The Bertz CT molecular complexity index is 1340. The lowest BCUT2D eigenvalue weighted by Gasteiger charge is -2.16. The van der Waals surface area contributed by atoms with Crippen LogP contribution in [0.25, 0.3) is 27.1 Å². The fourth-order valence-electron chi connectivity index (χ4n) is 3.38. The largest absolute Gasteiger partial charge is 0.397 e. The first-order valence-corrected chi connectivity index (χ1v) is 10.0. The number of nitrogen functional groups attached to an aromatic ring is 1. The molecule has 3 N–H and O–H groups in total. The summed E-state index contributed by atoms with van der Waals surface area (Å²) in [5, 5.41) is 11.0. The van der Waals surface area contributed by atoms with Gasteiger partial charge in [0.1, 0.15) is 0 Å². The number of nitrogens with two attached hydrogens (primary N) is 1. The maximum atomic E-state index is 6.18. The quantitative estimate of drug-likeness (QED) is 0.434. The molecular formula is C21H19N7S. The van der Waals surface area contributed by atoms with E-state index >= 15 is 0 Å². The van der Waals surface area contributed by atoms with E-state index in [9.17, 15) is 0 Å². The smallest absolute Gasteiger partial charge is 0.231 e. The van der Waals surface area contributed by atoms with Crippen LogP contribution in [0.1, 0.15) is 0 Å². The number of rotatable bonds is 4. The van der Waals surface area contributed by atoms with Crippen LogP contribution in [0.15, 0.2) is 60.1 Å². The monoisotopic (exact) mass is 401 g/mol. The minimum Gasteiger partial charge on any atom is -0.397 e. The van der Waals surface area contributed by atoms with Crippen molar-refractivity contribution in [3.8, 4) is 11.4 Å². The summed E-state index contributed by atoms with van der Waals surface area (Å²) in [6, 6.07) is 16.0. The molecule has 8 heteroatoms. The molecule has 0 spiro atoms. The average molecular weight is 401 g/mol. The fourth-order valence-corrected chi connectivity index (χ4v) is 4.31. The lowest BCUT2D eigenvalue weighted by atomic mass is 10.1. The molecule has 0 unspecified atom stereocenters. The van der Waals surface area contributed by atoms with Crippen molar-refractivity contribution in [3.63, 3.8) is 0 Å². The predicted octanol–water partition coefficient (Wildman–Crippen LogP) is 4.40. The molecule has 0 saturated carbocycles. The molecule has 0 radical (unpaired) electrons. The molecule has 0 atom stereocenters. The minimum atomic E-state index is 0.500. The number of thiophene rings is 1. The van der Waals surface area contributed by atoms with Crippen LogP contribution in [0.2, 0.25) is 0 Å². The number of fused-ring (bicyclic) bond motifs is 2. The highest BCUT2D eigenvalue weighted by molar-refractivity contribution is 7.17. The first-order valence-electron chi connectivity index (χ1n) is 9.12. The second kappa shape index (κ2) is 6.75. The van der Waals surface area contributed by atoms with Gasteiger partial charge < -0.3 is 16.0 Å². The fraction of sp³-hybridized carbons (Fsp3) is 0.0952. The van der Waals surface area contributed by atoms with Gasteiger partial charge in [0.2, 0.25) is 5.95 Å². The van der Waals surface area contributed by atoms with Gasteiger partial charge in [-0.15, -0.1) is 11.3 Å². The van der Waals surface area contributed by atoms with Crippen molar-refractivity contribution in [1.29, 1.82) is 0 Å². The van der Waals surface area contributed by atoms with Crippen molar-refractivity contribution in [3.05, 3.63) is 60.1 Å². The number of benzene rings is 2. The Kier molecular flexibility index (Phi) is 4.06. The van der Waals surface area contributed by atoms with Gasteiger partial charge in [-0.05, 0) is 24.3 Å². The van der Waals surface area contributed by atoms with Crippen LogP contribution in [0.4, 0.5) is 23.0 Å². The van der Waals surface area contributed by atoms with E-state index in [4.69, 9.17) is 10.7 Å². The zero-order valence-corrected chi connectivity index (χ0v) is 16.8. The summed E-state index contributed by atoms with van der Waals surface area (Å²) >= 11 is 1.69. The van der Waals surface area contributed by atoms with Gasteiger partial charge in [0, 0.05) is 46.9 Å². The highest BCUT2D eigenvalue weighted by atomic mass is 32.1. The van der Waals surface area contributed by atoms with Crippen molar-refractivity contribution in [2.75, 3.05) is 30.0 Å². The molecule has 0 saturated heterocycles. The topological polar surface area (TPSA) is 84.4 Å². The summed E-state index contributed by atoms with van der Waals surface area (Å²) in [5.74, 6) is 1.25. The van der Waals surface area contributed by atoms with Gasteiger partial charge in [-0.25, -0.2) is 0 Å². The van der Waals surface area contributed by atoms with Crippen LogP contribution in [0.3, 0.4) is 0 Å². The minimum absolute atomic E-state index is 0.500. The van der Waals surface area contributed by atoms with Crippen LogP contribution in [-0.2, 0) is 0 Å². The number of anilines is 4. The van der Waals surface area contributed by atoms with Crippen LogP contribution >= 0.6 is 11.3 Å². The van der Waals surface area contributed by atoms with Gasteiger partial charge in [0.05, 0.1) is 17.6 Å². The summed E-state index contributed by atoms with van der Waals surface area (Å²) in [4.78, 5) is 11.4. The second-order valence-electron chi connectivity index (χ2n) is 6.91. The molecule has 7 nitrogen and oxygen atoms in total. The highest BCUT2D eigenvalue weighted by Crippen LogP contribution is 2.33. The van der Waals surface area contributed by atoms with Gasteiger partial charge in [-0.2, -0.15) is 19.6 Å². The normalized spacial score (nSPS) is 11.2. The van der Waals surface area contributed by atoms with Crippen molar-refractivity contribution >= 4 is 50.1 Å². The third-order valence-corrected chi connectivity index (χ3v) is 5.71. The molecule has 3 heterocycles. The van der Waals surface area contributed by atoms with E-state index in [2.05, 4.69) is 32.9 Å². The van der Waals surface area contributed by atoms with Crippen molar-refractivity contribution in [2.45, 2.75) is 0 Å². The second-order valence-corrected chi connectivity index (χ2v) is 7.82. The number of nitrogens with zero attached hydrogens (tertiary/aromatic N) is 5. The van der Waals surface area contributed by atoms with Crippen LogP contribution in [0, 0.1) is 0 Å². The molecule has 29 heavy (non-hydrogen) atoms. The summed E-state index contributed by atoms with van der Waals surface area (Å²) in [6.45, 7) is 0. The van der Waals surface area contributed by atoms with Crippen molar-refractivity contribution in [2.24, 2.45) is 0 Å². The summed E-state index contributed by atoms with van der Waals surface area (Å²) in [5.41, 5.74) is 10.4. The average Bonchev–Trinajstić information content (AvgIpc) is 3.34. The van der Waals surface area contributed by atoms with Gasteiger partial charge in [0.25, 0.3) is 0 Å². The summed E-state index contributed by atoms with van der Waals surface area (Å²) in [6.07, 6.45) is 1.73. The maximum absolute atomic E-state index is 6.18. The Morgan fingerprint density at radius 1 is 1.07 bits per heavy atom. The number of hydrogen-bond donors (Lipinski definition) is 2. The molecule has 0 amide bonds. The van der Waals surface area contributed by atoms with Crippen LogP contribution in [0.5, 0.6) is 0 Å². The first kappa shape index (κ1) is 17.4. The van der Waals surface area contributed by atoms with E-state index in [-0.39, 0.29) is 0 Å². The molecule has 0 aliphatic rings. The Labute approximate surface area is 171 Å². The molecule has 144 valence electrons. The van der Waals surface area contributed by atoms with E-state index in [1.807, 2.05) is 55.4 Å². The first-order chi connectivity index (χ1) is 14.1. The SMILES string of the molecule is CN(C)c1ccc(Nc2nc(-c3csc4ccccc34)n3nccc3n2)cc1N. The van der Waals surface area contributed by atoms with E-state index in [1.54, 1.807) is 22.0 Å². The third-order valence-electron chi connectivity index (χ3n) is 4.74. The lowest BCUT2D eigenvalue weighted by Crippen LogP contribution is -2.11.